The molecule has 7 nitrogen and oxygen atoms in total. The van der Waals surface area contributed by atoms with Gasteiger partial charge in [-0.15, -0.1) is 0 Å². The lowest BCUT2D eigenvalue weighted by molar-refractivity contribution is -0.147. The van der Waals surface area contributed by atoms with Crippen LogP contribution in [0.3, 0.4) is 0 Å². The number of nitrogens with zero attached hydrogens (tertiary/aromatic N) is 1. The predicted molar refractivity (Wildman–Crippen MR) is 98.7 cm³/mol. The molecule has 0 spiro atoms. The molecule has 0 aliphatic carbocycles. The van der Waals surface area contributed by atoms with Crippen molar-refractivity contribution in [3.8, 4) is 5.75 Å². The van der Waals surface area contributed by atoms with Crippen LogP contribution in [0.4, 0.5) is 0 Å². The van der Waals surface area contributed by atoms with Gasteiger partial charge in [-0.25, -0.2) is 0 Å². The van der Waals surface area contributed by atoms with Crippen molar-refractivity contribution < 1.29 is 19.1 Å². The first-order valence-corrected chi connectivity index (χ1v) is 9.24. The smallest absolute Gasteiger partial charge is 0.320 e. The van der Waals surface area contributed by atoms with Gasteiger partial charge in [-0.05, 0) is 50.0 Å². The number of amides is 1. The van der Waals surface area contributed by atoms with E-state index in [9.17, 15) is 9.59 Å². The van der Waals surface area contributed by atoms with Crippen LogP contribution in [-0.4, -0.2) is 56.2 Å². The number of esters is 1. The maximum absolute atomic E-state index is 11.5. The van der Waals surface area contributed by atoms with E-state index in [-0.39, 0.29) is 19.1 Å². The Morgan fingerprint density at radius 3 is 2.77 bits per heavy atom. The van der Waals surface area contributed by atoms with Crippen molar-refractivity contribution in [3.05, 3.63) is 29.8 Å². The minimum atomic E-state index is -0.590. The molecule has 7 heteroatoms. The zero-order valence-electron chi connectivity index (χ0n) is 15.2. The molecule has 3 N–H and O–H groups in total. The average molecular weight is 363 g/mol. The van der Waals surface area contributed by atoms with Crippen LogP contribution in [0.15, 0.2) is 24.3 Å². The molecule has 26 heavy (non-hydrogen) atoms. The SMILES string of the molecule is NCC(=O)OCC(=O)NCCCOc1cccc(CN2CCCCC2)c1. The second-order valence-electron chi connectivity index (χ2n) is 6.40. The Balaban J connectivity index is 1.61. The second kappa shape index (κ2) is 11.5. The van der Waals surface area contributed by atoms with Crippen LogP contribution in [0.5, 0.6) is 5.75 Å². The number of hydrogen-bond acceptors (Lipinski definition) is 6. The van der Waals surface area contributed by atoms with Gasteiger partial charge in [-0.3, -0.25) is 14.5 Å². The highest BCUT2D eigenvalue weighted by Gasteiger charge is 2.10. The van der Waals surface area contributed by atoms with Crippen molar-refractivity contribution in [2.24, 2.45) is 5.73 Å². The highest BCUT2D eigenvalue weighted by Crippen LogP contribution is 2.17. The van der Waals surface area contributed by atoms with Crippen molar-refractivity contribution in [2.75, 3.05) is 39.4 Å². The van der Waals surface area contributed by atoms with Crippen LogP contribution in [-0.2, 0) is 20.9 Å². The van der Waals surface area contributed by atoms with Crippen LogP contribution in [0.2, 0.25) is 0 Å². The van der Waals surface area contributed by atoms with Crippen molar-refractivity contribution in [1.82, 2.24) is 10.2 Å². The highest BCUT2D eigenvalue weighted by molar-refractivity contribution is 5.80. The highest BCUT2D eigenvalue weighted by atomic mass is 16.5. The third kappa shape index (κ3) is 7.84. The molecular weight excluding hydrogens is 334 g/mol. The first-order valence-electron chi connectivity index (χ1n) is 9.24. The molecule has 1 heterocycles. The molecule has 1 saturated heterocycles. The van der Waals surface area contributed by atoms with Gasteiger partial charge in [0.25, 0.3) is 5.91 Å². The molecular formula is C19H29N3O4. The van der Waals surface area contributed by atoms with Gasteiger partial charge in [-0.2, -0.15) is 0 Å². The summed E-state index contributed by atoms with van der Waals surface area (Å²) in [6.07, 6.45) is 4.58. The summed E-state index contributed by atoms with van der Waals surface area (Å²) in [5.41, 5.74) is 6.35. The van der Waals surface area contributed by atoms with Gasteiger partial charge >= 0.3 is 5.97 Å². The van der Waals surface area contributed by atoms with Crippen LogP contribution >= 0.6 is 0 Å². The Bertz CT molecular complexity index is 574. The third-order valence-corrected chi connectivity index (χ3v) is 4.20. The average Bonchev–Trinajstić information content (AvgIpc) is 2.67. The Kier molecular flexibility index (Phi) is 8.92. The Labute approximate surface area is 154 Å². The van der Waals surface area contributed by atoms with Crippen molar-refractivity contribution in [3.63, 3.8) is 0 Å². The van der Waals surface area contributed by atoms with Gasteiger partial charge < -0.3 is 20.5 Å². The van der Waals surface area contributed by atoms with E-state index in [1.54, 1.807) is 0 Å². The van der Waals surface area contributed by atoms with E-state index >= 15 is 0 Å². The Morgan fingerprint density at radius 2 is 2.00 bits per heavy atom. The number of hydrogen-bond donors (Lipinski definition) is 2. The Morgan fingerprint density at radius 1 is 1.19 bits per heavy atom. The first kappa shape index (κ1) is 20.2. The van der Waals surface area contributed by atoms with E-state index in [0.717, 1.165) is 12.3 Å². The molecule has 2 rings (SSSR count). The summed E-state index contributed by atoms with van der Waals surface area (Å²) in [4.78, 5) is 24.8. The number of nitrogens with two attached hydrogens (primary N) is 1. The molecule has 144 valence electrons. The third-order valence-electron chi connectivity index (χ3n) is 4.20. The lowest BCUT2D eigenvalue weighted by Gasteiger charge is -2.26. The van der Waals surface area contributed by atoms with E-state index in [2.05, 4.69) is 27.1 Å². The zero-order valence-corrected chi connectivity index (χ0v) is 15.2. The number of piperidine rings is 1. The molecule has 0 atom stereocenters. The molecule has 1 aromatic carbocycles. The zero-order chi connectivity index (χ0) is 18.6. The fraction of sp³-hybridized carbons (Fsp3) is 0.579. The van der Waals surface area contributed by atoms with E-state index in [1.807, 2.05) is 12.1 Å². The molecule has 1 fully saturated rings. The summed E-state index contributed by atoms with van der Waals surface area (Å²) in [5, 5.41) is 2.67. The standard InChI is InChI=1S/C19H29N3O4/c20-13-19(24)26-15-18(23)21-8-5-11-25-17-7-4-6-16(12-17)14-22-9-2-1-3-10-22/h4,6-7,12H,1-3,5,8-11,13-15,20H2,(H,21,23). The second-order valence-corrected chi connectivity index (χ2v) is 6.40. The molecule has 0 radical (unpaired) electrons. The van der Waals surface area contributed by atoms with Crippen LogP contribution in [0.25, 0.3) is 0 Å². The molecule has 1 aliphatic rings. The molecule has 1 aliphatic heterocycles. The van der Waals surface area contributed by atoms with Gasteiger partial charge in [0.1, 0.15) is 5.75 Å². The topological polar surface area (TPSA) is 93.9 Å². The molecule has 0 aromatic heterocycles. The van der Waals surface area contributed by atoms with E-state index < -0.39 is 5.97 Å². The number of likely N-dealkylation sites (tertiary alicyclic amines) is 1. The molecule has 0 unspecified atom stereocenters. The summed E-state index contributed by atoms with van der Waals surface area (Å²) in [5.74, 6) is -0.0778. The Hall–Kier alpha value is -2.12. The summed E-state index contributed by atoms with van der Waals surface area (Å²) < 4.78 is 10.4. The lowest BCUT2D eigenvalue weighted by atomic mass is 10.1. The number of carbonyl (C=O) groups excluding carboxylic acids is 2. The number of nitrogens with one attached hydrogen (secondary N) is 1. The fourth-order valence-electron chi connectivity index (χ4n) is 2.86. The first-order chi connectivity index (χ1) is 12.7. The summed E-state index contributed by atoms with van der Waals surface area (Å²) in [7, 11) is 0. The lowest BCUT2D eigenvalue weighted by Crippen LogP contribution is -2.31. The summed E-state index contributed by atoms with van der Waals surface area (Å²) >= 11 is 0. The predicted octanol–water partition coefficient (Wildman–Crippen LogP) is 1.06. The van der Waals surface area contributed by atoms with Gasteiger partial charge in [0.05, 0.1) is 13.2 Å². The maximum Gasteiger partial charge on any atom is 0.320 e. The van der Waals surface area contributed by atoms with Crippen molar-refractivity contribution >= 4 is 11.9 Å². The minimum Gasteiger partial charge on any atom is -0.494 e. The van der Waals surface area contributed by atoms with Gasteiger partial charge in [-0.1, -0.05) is 18.6 Å². The minimum absolute atomic E-state index is 0.224. The monoisotopic (exact) mass is 363 g/mol. The number of ether oxygens (including phenoxy) is 2. The summed E-state index contributed by atoms with van der Waals surface area (Å²) in [6, 6.07) is 8.18. The van der Waals surface area contributed by atoms with E-state index in [4.69, 9.17) is 10.5 Å². The quantitative estimate of drug-likeness (QED) is 0.477. The molecule has 0 saturated carbocycles. The van der Waals surface area contributed by atoms with E-state index in [0.29, 0.717) is 19.6 Å². The fourth-order valence-corrected chi connectivity index (χ4v) is 2.86. The van der Waals surface area contributed by atoms with Crippen molar-refractivity contribution in [1.29, 1.82) is 0 Å². The van der Waals surface area contributed by atoms with Crippen LogP contribution < -0.4 is 15.8 Å². The van der Waals surface area contributed by atoms with Gasteiger partial charge in [0.15, 0.2) is 6.61 Å². The number of benzene rings is 1. The largest absolute Gasteiger partial charge is 0.494 e. The molecule has 0 bridgehead atoms. The van der Waals surface area contributed by atoms with Crippen LogP contribution in [0, 0.1) is 0 Å². The number of rotatable bonds is 10. The van der Waals surface area contributed by atoms with Gasteiger partial charge in [0, 0.05) is 13.1 Å². The normalized spacial score (nSPS) is 14.7. The van der Waals surface area contributed by atoms with E-state index in [1.165, 1.54) is 37.9 Å². The van der Waals surface area contributed by atoms with Crippen LogP contribution in [0.1, 0.15) is 31.2 Å². The molecule has 1 aromatic rings. The molecule has 1 amide bonds. The summed E-state index contributed by atoms with van der Waals surface area (Å²) in [6.45, 7) is 3.77. The maximum atomic E-state index is 11.5. The van der Waals surface area contributed by atoms with Crippen molar-refractivity contribution in [2.45, 2.75) is 32.2 Å². The van der Waals surface area contributed by atoms with Gasteiger partial charge in [0.2, 0.25) is 0 Å². The number of carbonyl (C=O) groups is 2.